The lowest BCUT2D eigenvalue weighted by molar-refractivity contribution is -0.672. The molecule has 0 bridgehead atoms. The fraction of sp³-hybridized carbons (Fsp3) is 0.333. The molecule has 1 aliphatic heterocycles. The van der Waals surface area contributed by atoms with Gasteiger partial charge in [0.05, 0.1) is 37.7 Å². The Hall–Kier alpha value is -3.19. The van der Waals surface area contributed by atoms with Gasteiger partial charge in [-0.05, 0) is 49.2 Å². The predicted molar refractivity (Wildman–Crippen MR) is 142 cm³/mol. The average molecular weight is 474 g/mol. The third-order valence-corrected chi connectivity index (χ3v) is 6.80. The number of aromatic nitrogens is 2. The molecule has 1 aliphatic rings. The first-order valence-electron chi connectivity index (χ1n) is 11.8. The van der Waals surface area contributed by atoms with E-state index < -0.39 is 0 Å². The van der Waals surface area contributed by atoms with Crippen molar-refractivity contribution in [2.75, 3.05) is 20.1 Å². The molecule has 0 N–H and O–H groups in total. The van der Waals surface area contributed by atoms with E-state index in [1.165, 1.54) is 0 Å². The molecule has 0 aliphatic carbocycles. The molecule has 176 valence electrons. The van der Waals surface area contributed by atoms with E-state index >= 15 is 0 Å². The number of amidine groups is 1. The van der Waals surface area contributed by atoms with Crippen LogP contribution in [0.4, 0.5) is 11.4 Å². The van der Waals surface area contributed by atoms with Crippen LogP contribution in [0.3, 0.4) is 0 Å². The zero-order valence-corrected chi connectivity index (χ0v) is 21.5. The number of nitrogens with zero attached hydrogens (tertiary/aromatic N) is 6. The van der Waals surface area contributed by atoms with Crippen LogP contribution in [0, 0.1) is 0 Å². The number of aryl methyl sites for hydroxylation is 2. The van der Waals surface area contributed by atoms with Gasteiger partial charge in [0, 0.05) is 23.4 Å². The van der Waals surface area contributed by atoms with Gasteiger partial charge in [0.25, 0.3) is 0 Å². The summed E-state index contributed by atoms with van der Waals surface area (Å²) in [5.74, 6) is 2.14. The van der Waals surface area contributed by atoms with Gasteiger partial charge in [-0.15, -0.1) is 0 Å². The quantitative estimate of drug-likeness (QED) is 0.327. The van der Waals surface area contributed by atoms with Crippen LogP contribution in [0.5, 0.6) is 0 Å². The summed E-state index contributed by atoms with van der Waals surface area (Å²) in [6, 6.07) is 16.8. The predicted octanol–water partition coefficient (Wildman–Crippen LogP) is 5.36. The van der Waals surface area contributed by atoms with Crippen molar-refractivity contribution in [1.29, 1.82) is 0 Å². The minimum atomic E-state index is 0.849. The molecule has 1 aromatic heterocycles. The molecule has 3 aromatic rings. The molecule has 2 heterocycles. The van der Waals surface area contributed by atoms with Gasteiger partial charge in [-0.25, -0.2) is 19.1 Å². The summed E-state index contributed by atoms with van der Waals surface area (Å²) < 4.78 is 4.23. The van der Waals surface area contributed by atoms with Crippen molar-refractivity contribution in [3.05, 3.63) is 66.7 Å². The molecule has 0 fully saturated rings. The molecule has 0 saturated heterocycles. The SMILES string of the molecule is CCC(=Nc1cccc(Sc2cccc(N=C(CC)c3n(C)cc[n+]3C)c2)c1)C1=NCCN1C. The maximum Gasteiger partial charge on any atom is 0.303 e. The Balaban J connectivity index is 1.56. The molecule has 2 aromatic carbocycles. The van der Waals surface area contributed by atoms with Gasteiger partial charge in [-0.1, -0.05) is 37.7 Å². The molecule has 34 heavy (non-hydrogen) atoms. The summed E-state index contributed by atoms with van der Waals surface area (Å²) in [5, 5.41) is 0. The smallest absolute Gasteiger partial charge is 0.303 e. The topological polar surface area (TPSA) is 49.1 Å². The Morgan fingerprint density at radius 2 is 1.59 bits per heavy atom. The number of likely N-dealkylation sites (N-methyl/N-ethyl adjacent to an activating group) is 1. The van der Waals surface area contributed by atoms with Crippen molar-refractivity contribution < 1.29 is 4.57 Å². The number of rotatable bonds is 8. The van der Waals surface area contributed by atoms with E-state index in [1.807, 2.05) is 0 Å². The van der Waals surface area contributed by atoms with Gasteiger partial charge in [0.2, 0.25) is 0 Å². The largest absolute Gasteiger partial charge is 0.357 e. The van der Waals surface area contributed by atoms with Crippen LogP contribution < -0.4 is 4.57 Å². The van der Waals surface area contributed by atoms with E-state index in [0.29, 0.717) is 0 Å². The van der Waals surface area contributed by atoms with Gasteiger partial charge in [0.1, 0.15) is 23.9 Å². The third-order valence-electron chi connectivity index (χ3n) is 5.83. The Labute approximate surface area is 206 Å². The number of hydrogen-bond acceptors (Lipinski definition) is 5. The summed E-state index contributed by atoms with van der Waals surface area (Å²) in [5.41, 5.74) is 4.04. The summed E-state index contributed by atoms with van der Waals surface area (Å²) in [6.07, 6.45) is 5.84. The monoisotopic (exact) mass is 473 g/mol. The highest BCUT2D eigenvalue weighted by atomic mass is 32.2. The van der Waals surface area contributed by atoms with Crippen molar-refractivity contribution in [2.45, 2.75) is 36.5 Å². The molecule has 0 amide bonds. The van der Waals surface area contributed by atoms with Crippen LogP contribution in [-0.4, -0.2) is 46.9 Å². The van der Waals surface area contributed by atoms with E-state index in [4.69, 9.17) is 9.98 Å². The molecule has 0 saturated carbocycles. The number of benzene rings is 2. The van der Waals surface area contributed by atoms with Crippen LogP contribution in [0.2, 0.25) is 0 Å². The standard InChI is InChI=1S/C27H33N6S/c1-6-24(26-28-14-15-31(26)3)29-20-10-8-12-22(18-20)34-23-13-9-11-21(19-23)30-25(7-2)27-32(4)16-17-33(27)5/h8-13,16-19H,6-7,14-15H2,1-5H3/q+1. The molecule has 4 rings (SSSR count). The maximum atomic E-state index is 4.98. The van der Waals surface area contributed by atoms with Crippen molar-refractivity contribution in [1.82, 2.24) is 9.47 Å². The first-order valence-corrected chi connectivity index (χ1v) is 12.6. The minimum absolute atomic E-state index is 0.849. The highest BCUT2D eigenvalue weighted by Crippen LogP contribution is 2.32. The zero-order valence-electron chi connectivity index (χ0n) is 20.7. The highest BCUT2D eigenvalue weighted by Gasteiger charge is 2.18. The van der Waals surface area contributed by atoms with Gasteiger partial charge < -0.3 is 4.90 Å². The average Bonchev–Trinajstić information content (AvgIpc) is 3.41. The molecule has 0 atom stereocenters. The second-order valence-corrected chi connectivity index (χ2v) is 9.54. The molecule has 7 heteroatoms. The number of aliphatic imine (C=N–C) groups is 3. The van der Waals surface area contributed by atoms with Crippen molar-refractivity contribution >= 4 is 40.4 Å². The van der Waals surface area contributed by atoms with Gasteiger partial charge >= 0.3 is 5.82 Å². The van der Waals surface area contributed by atoms with E-state index in [2.05, 4.69) is 115 Å². The zero-order chi connectivity index (χ0) is 24.1. The van der Waals surface area contributed by atoms with E-state index in [0.717, 1.165) is 70.2 Å². The normalized spacial score (nSPS) is 14.6. The van der Waals surface area contributed by atoms with E-state index in [9.17, 15) is 0 Å². The third kappa shape index (κ3) is 5.47. The fourth-order valence-electron chi connectivity index (χ4n) is 4.10. The Morgan fingerprint density at radius 3 is 2.09 bits per heavy atom. The minimum Gasteiger partial charge on any atom is -0.357 e. The summed E-state index contributed by atoms with van der Waals surface area (Å²) in [4.78, 5) is 19.0. The summed E-state index contributed by atoms with van der Waals surface area (Å²) in [6.45, 7) is 6.10. The van der Waals surface area contributed by atoms with Crippen molar-refractivity contribution in [3.63, 3.8) is 0 Å². The second-order valence-electron chi connectivity index (χ2n) is 8.39. The molecule has 0 radical (unpaired) electrons. The number of hydrogen-bond donors (Lipinski definition) is 0. The summed E-state index contributed by atoms with van der Waals surface area (Å²) in [7, 11) is 6.20. The Kier molecular flexibility index (Phi) is 7.63. The van der Waals surface area contributed by atoms with Gasteiger partial charge in [0.15, 0.2) is 0 Å². The maximum absolute atomic E-state index is 4.98. The molecule has 6 nitrogen and oxygen atoms in total. The van der Waals surface area contributed by atoms with Crippen LogP contribution in [0.25, 0.3) is 0 Å². The van der Waals surface area contributed by atoms with Gasteiger partial charge in [-0.3, -0.25) is 4.99 Å². The molecular weight excluding hydrogens is 440 g/mol. The van der Waals surface area contributed by atoms with Crippen LogP contribution >= 0.6 is 11.8 Å². The van der Waals surface area contributed by atoms with Crippen LogP contribution in [-0.2, 0) is 14.1 Å². The summed E-state index contributed by atoms with van der Waals surface area (Å²) >= 11 is 1.73. The molecule has 0 spiro atoms. The van der Waals surface area contributed by atoms with Crippen LogP contribution in [0.1, 0.15) is 32.5 Å². The first kappa shape index (κ1) is 24.0. The van der Waals surface area contributed by atoms with Crippen molar-refractivity contribution in [3.8, 4) is 0 Å². The lowest BCUT2D eigenvalue weighted by Crippen LogP contribution is -2.35. The first-order chi connectivity index (χ1) is 16.5. The fourth-order valence-corrected chi connectivity index (χ4v) is 5.02. The lowest BCUT2D eigenvalue weighted by atomic mass is 10.2. The molecule has 0 unspecified atom stereocenters. The highest BCUT2D eigenvalue weighted by molar-refractivity contribution is 7.99. The lowest BCUT2D eigenvalue weighted by Gasteiger charge is -2.14. The van der Waals surface area contributed by atoms with Gasteiger partial charge in [-0.2, -0.15) is 0 Å². The van der Waals surface area contributed by atoms with Crippen molar-refractivity contribution in [2.24, 2.45) is 29.1 Å². The number of imidazole rings is 1. The Morgan fingerprint density at radius 1 is 0.971 bits per heavy atom. The molecular formula is C27H33N6S+. The second kappa shape index (κ2) is 10.8. The van der Waals surface area contributed by atoms with Crippen LogP contribution in [0.15, 0.2) is 85.7 Å². The Bertz CT molecular complexity index is 1230. The van der Waals surface area contributed by atoms with E-state index in [1.54, 1.807) is 11.8 Å². The van der Waals surface area contributed by atoms with E-state index in [-0.39, 0.29) is 0 Å².